The first-order chi connectivity index (χ1) is 8.52. The largest absolute Gasteiger partial charge is 0.437 e. The van der Waals surface area contributed by atoms with Crippen LogP contribution in [0.3, 0.4) is 0 Å². The lowest BCUT2D eigenvalue weighted by Gasteiger charge is -2.25. The van der Waals surface area contributed by atoms with E-state index in [1.807, 2.05) is 4.90 Å². The van der Waals surface area contributed by atoms with Crippen molar-refractivity contribution in [2.45, 2.75) is 26.1 Å². The molecule has 0 aliphatic carbocycles. The number of hydrogen-bond acceptors (Lipinski definition) is 4. The molecule has 0 unspecified atom stereocenters. The van der Waals surface area contributed by atoms with E-state index < -0.39 is 11.9 Å². The molecule has 0 amide bonds. The average Bonchev–Trinajstić information content (AvgIpc) is 2.73. The summed E-state index contributed by atoms with van der Waals surface area (Å²) in [6.07, 6.45) is -4.18. The van der Waals surface area contributed by atoms with Gasteiger partial charge in [0.2, 0.25) is 0 Å². The van der Waals surface area contributed by atoms with Crippen molar-refractivity contribution in [3.8, 4) is 0 Å². The zero-order valence-electron chi connectivity index (χ0n) is 10.1. The summed E-state index contributed by atoms with van der Waals surface area (Å²) in [5, 5.41) is 3.17. The Morgan fingerprint density at radius 2 is 1.94 bits per heavy atom. The van der Waals surface area contributed by atoms with Crippen LogP contribution in [-0.2, 0) is 23.9 Å². The van der Waals surface area contributed by atoms with Gasteiger partial charge in [0, 0.05) is 18.7 Å². The van der Waals surface area contributed by atoms with Crippen LogP contribution >= 0.6 is 0 Å². The molecule has 1 aromatic rings. The number of nitrogens with zero attached hydrogens (tertiary/aromatic N) is 2. The fourth-order valence-corrected chi connectivity index (χ4v) is 2.02. The fourth-order valence-electron chi connectivity index (χ4n) is 2.02. The molecule has 0 atom stereocenters. The molecule has 102 valence electrons. The monoisotopic (exact) mass is 264 g/mol. The van der Waals surface area contributed by atoms with Gasteiger partial charge >= 0.3 is 6.18 Å². The van der Waals surface area contributed by atoms with Crippen LogP contribution in [0.15, 0.2) is 4.52 Å². The maximum atomic E-state index is 12.7. The number of morpholine rings is 1. The summed E-state index contributed by atoms with van der Waals surface area (Å²) in [6, 6.07) is 0. The van der Waals surface area contributed by atoms with Gasteiger partial charge in [-0.1, -0.05) is 12.1 Å². The maximum absolute atomic E-state index is 12.7. The van der Waals surface area contributed by atoms with Crippen LogP contribution in [0.5, 0.6) is 0 Å². The van der Waals surface area contributed by atoms with Crippen molar-refractivity contribution in [1.82, 2.24) is 10.1 Å². The van der Waals surface area contributed by atoms with Crippen LogP contribution in [-0.4, -0.2) is 36.4 Å². The van der Waals surface area contributed by atoms with Crippen LogP contribution in [0.25, 0.3) is 0 Å². The Balaban J connectivity index is 2.15. The van der Waals surface area contributed by atoms with Gasteiger partial charge in [0.05, 0.1) is 19.8 Å². The van der Waals surface area contributed by atoms with Crippen LogP contribution < -0.4 is 0 Å². The van der Waals surface area contributed by atoms with E-state index in [0.29, 0.717) is 38.6 Å². The van der Waals surface area contributed by atoms with Gasteiger partial charge in [0.1, 0.15) is 0 Å². The Morgan fingerprint density at radius 3 is 2.50 bits per heavy atom. The van der Waals surface area contributed by atoms with Crippen LogP contribution in [0, 0.1) is 0 Å². The minimum atomic E-state index is -4.45. The zero-order valence-corrected chi connectivity index (χ0v) is 10.1. The van der Waals surface area contributed by atoms with Gasteiger partial charge < -0.3 is 9.26 Å². The van der Waals surface area contributed by atoms with E-state index in [0.717, 1.165) is 0 Å². The third-order valence-electron chi connectivity index (χ3n) is 2.96. The minimum Gasteiger partial charge on any atom is -0.379 e. The molecule has 1 fully saturated rings. The Labute approximate surface area is 103 Å². The summed E-state index contributed by atoms with van der Waals surface area (Å²) < 4.78 is 48.1. The molecular weight excluding hydrogens is 249 g/mol. The van der Waals surface area contributed by atoms with Crippen molar-refractivity contribution in [2.75, 3.05) is 26.3 Å². The number of aromatic nitrogens is 1. The lowest BCUT2D eigenvalue weighted by atomic mass is 10.1. The molecule has 18 heavy (non-hydrogen) atoms. The smallest absolute Gasteiger partial charge is 0.379 e. The predicted octanol–water partition coefficient (Wildman–Crippen LogP) is 2.09. The van der Waals surface area contributed by atoms with Crippen LogP contribution in [0.1, 0.15) is 23.9 Å². The minimum absolute atomic E-state index is 0.161. The summed E-state index contributed by atoms with van der Waals surface area (Å²) in [7, 11) is 0. The summed E-state index contributed by atoms with van der Waals surface area (Å²) in [4.78, 5) is 2.00. The molecule has 1 saturated heterocycles. The fraction of sp³-hybridized carbons (Fsp3) is 0.727. The molecule has 0 bridgehead atoms. The molecule has 0 radical (unpaired) electrons. The quantitative estimate of drug-likeness (QED) is 0.838. The second kappa shape index (κ2) is 5.27. The molecule has 0 spiro atoms. The van der Waals surface area contributed by atoms with Gasteiger partial charge in [-0.2, -0.15) is 13.2 Å². The van der Waals surface area contributed by atoms with Crippen molar-refractivity contribution >= 4 is 0 Å². The molecular formula is C11H15F3N2O2. The SMILES string of the molecule is CCc1c(C(F)(F)F)noc1CN1CCOCC1. The van der Waals surface area contributed by atoms with E-state index in [1.165, 1.54) is 0 Å². The lowest BCUT2D eigenvalue weighted by Crippen LogP contribution is -2.35. The third-order valence-corrected chi connectivity index (χ3v) is 2.96. The number of ether oxygens (including phenoxy) is 1. The van der Waals surface area contributed by atoms with Crippen molar-refractivity contribution in [2.24, 2.45) is 0 Å². The summed E-state index contributed by atoms with van der Waals surface area (Å²) >= 11 is 0. The first-order valence-electron chi connectivity index (χ1n) is 5.87. The van der Waals surface area contributed by atoms with Gasteiger partial charge in [-0.3, -0.25) is 4.90 Å². The van der Waals surface area contributed by atoms with E-state index in [2.05, 4.69) is 5.16 Å². The Kier molecular flexibility index (Phi) is 3.91. The first kappa shape index (κ1) is 13.4. The van der Waals surface area contributed by atoms with Gasteiger partial charge in [-0.25, -0.2) is 0 Å². The van der Waals surface area contributed by atoms with Crippen molar-refractivity contribution in [1.29, 1.82) is 0 Å². The normalized spacial score (nSPS) is 18.2. The van der Waals surface area contributed by atoms with Gasteiger partial charge in [-0.15, -0.1) is 0 Å². The van der Waals surface area contributed by atoms with Gasteiger partial charge in [0.15, 0.2) is 11.5 Å². The third kappa shape index (κ3) is 2.84. The number of rotatable bonds is 3. The van der Waals surface area contributed by atoms with Crippen molar-refractivity contribution in [3.63, 3.8) is 0 Å². The molecule has 2 rings (SSSR count). The molecule has 2 heterocycles. The highest BCUT2D eigenvalue weighted by atomic mass is 19.4. The molecule has 0 saturated carbocycles. The van der Waals surface area contributed by atoms with E-state index >= 15 is 0 Å². The molecule has 1 aliphatic heterocycles. The Hall–Kier alpha value is -1.08. The highest BCUT2D eigenvalue weighted by molar-refractivity contribution is 5.25. The maximum Gasteiger partial charge on any atom is 0.437 e. The lowest BCUT2D eigenvalue weighted by molar-refractivity contribution is -0.143. The first-order valence-corrected chi connectivity index (χ1v) is 5.87. The highest BCUT2D eigenvalue weighted by Crippen LogP contribution is 2.33. The van der Waals surface area contributed by atoms with Crippen LogP contribution in [0.2, 0.25) is 0 Å². The van der Waals surface area contributed by atoms with E-state index in [1.54, 1.807) is 6.92 Å². The molecule has 4 nitrogen and oxygen atoms in total. The number of halogens is 3. The molecule has 1 aliphatic rings. The molecule has 1 aromatic heterocycles. The number of alkyl halides is 3. The second-order valence-electron chi connectivity index (χ2n) is 4.17. The van der Waals surface area contributed by atoms with Crippen molar-refractivity contribution < 1.29 is 22.4 Å². The summed E-state index contributed by atoms with van der Waals surface area (Å²) in [6.45, 7) is 4.63. The Bertz CT molecular complexity index is 397. The van der Waals surface area contributed by atoms with Gasteiger partial charge in [0.25, 0.3) is 0 Å². The van der Waals surface area contributed by atoms with Crippen LogP contribution in [0.4, 0.5) is 13.2 Å². The van der Waals surface area contributed by atoms with E-state index in [9.17, 15) is 13.2 Å². The van der Waals surface area contributed by atoms with Crippen molar-refractivity contribution in [3.05, 3.63) is 17.0 Å². The molecule has 7 heteroatoms. The zero-order chi connectivity index (χ0) is 13.2. The summed E-state index contributed by atoms with van der Waals surface area (Å²) in [5.74, 6) is 0.312. The number of hydrogen-bond donors (Lipinski definition) is 0. The van der Waals surface area contributed by atoms with E-state index in [4.69, 9.17) is 9.26 Å². The predicted molar refractivity (Wildman–Crippen MR) is 57.0 cm³/mol. The topological polar surface area (TPSA) is 38.5 Å². The molecule has 0 N–H and O–H groups in total. The second-order valence-corrected chi connectivity index (χ2v) is 4.17. The van der Waals surface area contributed by atoms with E-state index in [-0.39, 0.29) is 12.0 Å². The average molecular weight is 264 g/mol. The van der Waals surface area contributed by atoms with Gasteiger partial charge in [-0.05, 0) is 6.42 Å². The molecule has 0 aromatic carbocycles. The highest BCUT2D eigenvalue weighted by Gasteiger charge is 2.38. The summed E-state index contributed by atoms with van der Waals surface area (Å²) in [5.41, 5.74) is -0.734. The Morgan fingerprint density at radius 1 is 1.28 bits per heavy atom. The standard InChI is InChI=1S/C11H15F3N2O2/c1-2-8-9(7-16-3-5-17-6-4-16)18-15-10(8)11(12,13)14/h2-7H2,1H3.